The molecule has 0 unspecified atom stereocenters. The van der Waals surface area contributed by atoms with Crippen LogP contribution in [0.2, 0.25) is 0 Å². The molecule has 2 nitrogen and oxygen atoms in total. The van der Waals surface area contributed by atoms with E-state index in [-0.39, 0.29) is 0 Å². The summed E-state index contributed by atoms with van der Waals surface area (Å²) < 4.78 is 5.04. The van der Waals surface area contributed by atoms with Crippen molar-refractivity contribution in [2.45, 2.75) is 13.5 Å². The fourth-order valence-corrected chi connectivity index (χ4v) is 3.02. The molecule has 0 spiro atoms. The molecule has 14 heavy (non-hydrogen) atoms. The van der Waals surface area contributed by atoms with Gasteiger partial charge in [-0.3, -0.25) is 0 Å². The lowest BCUT2D eigenvalue weighted by Gasteiger charge is -1.93. The van der Waals surface area contributed by atoms with Crippen LogP contribution in [0.15, 0.2) is 16.1 Å². The summed E-state index contributed by atoms with van der Waals surface area (Å²) in [5.74, 6) is 0. The lowest BCUT2D eigenvalue weighted by Crippen LogP contribution is -1.86. The largest absolute Gasteiger partial charge is 0.378 e. The molecule has 4 heteroatoms. The number of hydrogen-bond acceptors (Lipinski definition) is 4. The molecule has 0 atom stereocenters. The van der Waals surface area contributed by atoms with Gasteiger partial charge in [0.1, 0.15) is 5.01 Å². The van der Waals surface area contributed by atoms with Crippen molar-refractivity contribution in [3.8, 4) is 10.6 Å². The zero-order valence-corrected chi connectivity index (χ0v) is 9.74. The molecule has 0 saturated heterocycles. The smallest absolute Gasteiger partial charge is 0.124 e. The van der Waals surface area contributed by atoms with Crippen molar-refractivity contribution in [2.24, 2.45) is 0 Å². The monoisotopic (exact) mass is 225 g/mol. The number of aryl methyl sites for hydroxylation is 1. The molecule has 0 bridgehead atoms. The van der Waals surface area contributed by atoms with Gasteiger partial charge in [-0.2, -0.15) is 11.3 Å². The van der Waals surface area contributed by atoms with Gasteiger partial charge >= 0.3 is 0 Å². The zero-order valence-electron chi connectivity index (χ0n) is 8.11. The maximum atomic E-state index is 5.04. The number of hydrogen-bond donors (Lipinski definition) is 0. The Labute approximate surface area is 91.2 Å². The first kappa shape index (κ1) is 9.83. The van der Waals surface area contributed by atoms with Crippen molar-refractivity contribution in [3.05, 3.63) is 27.4 Å². The van der Waals surface area contributed by atoms with Gasteiger partial charge in [0.05, 0.1) is 12.3 Å². The summed E-state index contributed by atoms with van der Waals surface area (Å²) in [5.41, 5.74) is 3.56. The number of thiazole rings is 1. The molecule has 0 radical (unpaired) electrons. The lowest BCUT2D eigenvalue weighted by molar-refractivity contribution is 0.182. The number of thiophene rings is 1. The molecule has 2 aromatic rings. The molecule has 0 aliphatic carbocycles. The summed E-state index contributed by atoms with van der Waals surface area (Å²) in [5, 5.41) is 7.43. The van der Waals surface area contributed by atoms with E-state index in [2.05, 4.69) is 28.0 Å². The minimum absolute atomic E-state index is 0.597. The average Bonchev–Trinajstić information content (AvgIpc) is 2.74. The average molecular weight is 225 g/mol. The van der Waals surface area contributed by atoms with Gasteiger partial charge in [-0.05, 0) is 17.9 Å². The molecular weight excluding hydrogens is 214 g/mol. The number of methoxy groups -OCH3 is 1. The van der Waals surface area contributed by atoms with Crippen LogP contribution in [0.3, 0.4) is 0 Å². The van der Waals surface area contributed by atoms with Crippen molar-refractivity contribution < 1.29 is 4.74 Å². The second-order valence-corrected chi connectivity index (χ2v) is 4.65. The molecule has 0 amide bonds. The second-order valence-electron chi connectivity index (χ2n) is 3.05. The highest BCUT2D eigenvalue weighted by atomic mass is 32.1. The van der Waals surface area contributed by atoms with Gasteiger partial charge in [0.2, 0.25) is 0 Å². The maximum Gasteiger partial charge on any atom is 0.124 e. The van der Waals surface area contributed by atoms with Crippen LogP contribution < -0.4 is 0 Å². The van der Waals surface area contributed by atoms with E-state index in [1.165, 1.54) is 11.1 Å². The van der Waals surface area contributed by atoms with Crippen molar-refractivity contribution in [1.82, 2.24) is 4.98 Å². The molecular formula is C10H11NOS2. The van der Waals surface area contributed by atoms with E-state index in [1.807, 2.05) is 0 Å². The fraction of sp³-hybridized carbons (Fsp3) is 0.300. The number of aromatic nitrogens is 1. The van der Waals surface area contributed by atoms with Crippen LogP contribution in [-0.4, -0.2) is 12.1 Å². The Morgan fingerprint density at radius 2 is 2.21 bits per heavy atom. The normalized spacial score (nSPS) is 10.7. The molecule has 0 aliphatic heterocycles. The quantitative estimate of drug-likeness (QED) is 0.799. The van der Waals surface area contributed by atoms with Gasteiger partial charge in [0.15, 0.2) is 0 Å². The molecule has 0 saturated carbocycles. The number of rotatable bonds is 3. The summed E-state index contributed by atoms with van der Waals surface area (Å²) in [6.45, 7) is 2.71. The highest BCUT2D eigenvalue weighted by molar-refractivity contribution is 7.14. The van der Waals surface area contributed by atoms with Gasteiger partial charge in [-0.1, -0.05) is 0 Å². The first-order valence-corrected chi connectivity index (χ1v) is 6.10. The maximum absolute atomic E-state index is 5.04. The molecule has 0 fully saturated rings. The Kier molecular flexibility index (Phi) is 2.96. The Bertz CT molecular complexity index is 419. The predicted molar refractivity (Wildman–Crippen MR) is 60.9 cm³/mol. The van der Waals surface area contributed by atoms with Crippen LogP contribution in [0.25, 0.3) is 10.6 Å². The third-order valence-electron chi connectivity index (χ3n) is 1.93. The summed E-state index contributed by atoms with van der Waals surface area (Å²) in [6, 6.07) is 0. The Balaban J connectivity index is 2.29. The van der Waals surface area contributed by atoms with Crippen LogP contribution in [0.1, 0.15) is 11.3 Å². The summed E-state index contributed by atoms with van der Waals surface area (Å²) in [4.78, 5) is 4.50. The number of ether oxygens (including phenoxy) is 1. The second kappa shape index (κ2) is 4.21. The minimum atomic E-state index is 0.597. The summed E-state index contributed by atoms with van der Waals surface area (Å²) in [7, 11) is 1.69. The first-order chi connectivity index (χ1) is 6.81. The predicted octanol–water partition coefficient (Wildman–Crippen LogP) is 3.33. The van der Waals surface area contributed by atoms with E-state index in [1.54, 1.807) is 29.8 Å². The van der Waals surface area contributed by atoms with E-state index in [0.29, 0.717) is 6.61 Å². The van der Waals surface area contributed by atoms with Gasteiger partial charge < -0.3 is 4.74 Å². The Morgan fingerprint density at radius 3 is 2.86 bits per heavy atom. The molecule has 2 rings (SSSR count). The molecule has 74 valence electrons. The Hall–Kier alpha value is -0.710. The van der Waals surface area contributed by atoms with E-state index in [4.69, 9.17) is 4.74 Å². The standard InChI is InChI=1S/C10H11NOS2/c1-7-4-13-6-9(7)10-11-8(3-12-2)5-14-10/h4-6H,3H2,1-2H3. The van der Waals surface area contributed by atoms with Gasteiger partial charge in [-0.15, -0.1) is 11.3 Å². The van der Waals surface area contributed by atoms with Gasteiger partial charge in [0, 0.05) is 23.4 Å². The van der Waals surface area contributed by atoms with Crippen LogP contribution in [0.4, 0.5) is 0 Å². The van der Waals surface area contributed by atoms with Crippen molar-refractivity contribution in [2.75, 3.05) is 7.11 Å². The Morgan fingerprint density at radius 1 is 1.36 bits per heavy atom. The van der Waals surface area contributed by atoms with Crippen LogP contribution >= 0.6 is 22.7 Å². The first-order valence-electron chi connectivity index (χ1n) is 4.27. The molecule has 0 aliphatic rings. The van der Waals surface area contributed by atoms with Crippen LogP contribution in [0, 0.1) is 6.92 Å². The molecule has 0 N–H and O–H groups in total. The summed E-state index contributed by atoms with van der Waals surface area (Å²) >= 11 is 3.40. The van der Waals surface area contributed by atoms with Crippen molar-refractivity contribution >= 4 is 22.7 Å². The van der Waals surface area contributed by atoms with Gasteiger partial charge in [-0.25, -0.2) is 4.98 Å². The summed E-state index contributed by atoms with van der Waals surface area (Å²) in [6.07, 6.45) is 0. The van der Waals surface area contributed by atoms with Crippen molar-refractivity contribution in [1.29, 1.82) is 0 Å². The van der Waals surface area contributed by atoms with Gasteiger partial charge in [0.25, 0.3) is 0 Å². The number of nitrogens with zero attached hydrogens (tertiary/aromatic N) is 1. The minimum Gasteiger partial charge on any atom is -0.378 e. The van der Waals surface area contributed by atoms with E-state index in [0.717, 1.165) is 10.7 Å². The molecule has 2 heterocycles. The molecule has 2 aromatic heterocycles. The highest BCUT2D eigenvalue weighted by Crippen LogP contribution is 2.29. The zero-order chi connectivity index (χ0) is 9.97. The third-order valence-corrected chi connectivity index (χ3v) is 3.72. The van der Waals surface area contributed by atoms with Crippen LogP contribution in [0.5, 0.6) is 0 Å². The lowest BCUT2D eigenvalue weighted by atomic mass is 10.2. The third kappa shape index (κ3) is 1.87. The van der Waals surface area contributed by atoms with Crippen LogP contribution in [-0.2, 0) is 11.3 Å². The van der Waals surface area contributed by atoms with E-state index >= 15 is 0 Å². The fourth-order valence-electron chi connectivity index (χ4n) is 1.22. The van der Waals surface area contributed by atoms with Crippen molar-refractivity contribution in [3.63, 3.8) is 0 Å². The SMILES string of the molecule is COCc1csc(-c2cscc2C)n1. The van der Waals surface area contributed by atoms with E-state index < -0.39 is 0 Å². The highest BCUT2D eigenvalue weighted by Gasteiger charge is 2.07. The topological polar surface area (TPSA) is 22.1 Å². The van der Waals surface area contributed by atoms with E-state index in [9.17, 15) is 0 Å². The molecule has 0 aromatic carbocycles.